The Labute approximate surface area is 71.5 Å². The molecule has 0 atom stereocenters. The lowest BCUT2D eigenvalue weighted by molar-refractivity contribution is -0.150. The molecule has 0 bridgehead atoms. The van der Waals surface area contributed by atoms with Crippen LogP contribution in [0.3, 0.4) is 0 Å². The van der Waals surface area contributed by atoms with Gasteiger partial charge in [0.25, 0.3) is 0 Å². The van der Waals surface area contributed by atoms with Crippen molar-refractivity contribution in [1.82, 2.24) is 0 Å². The maximum atomic E-state index is 10.6. The van der Waals surface area contributed by atoms with Crippen LogP contribution < -0.4 is 0 Å². The fourth-order valence-corrected chi connectivity index (χ4v) is 0.557. The molecule has 0 aromatic rings. The molecule has 4 nitrogen and oxygen atoms in total. The average Bonchev–Trinajstić information content (AvgIpc) is 1.85. The van der Waals surface area contributed by atoms with Crippen molar-refractivity contribution in [1.29, 1.82) is 0 Å². The maximum Gasteiger partial charge on any atom is 0.309 e. The third-order valence-electron chi connectivity index (χ3n) is 1.61. The van der Waals surface area contributed by atoms with Crippen LogP contribution in [0.15, 0.2) is 0 Å². The molecule has 0 aliphatic heterocycles. The second kappa shape index (κ2) is 4.09. The van der Waals surface area contributed by atoms with Gasteiger partial charge in [0, 0.05) is 6.92 Å². The molecule has 12 heavy (non-hydrogen) atoms. The van der Waals surface area contributed by atoms with Gasteiger partial charge >= 0.3 is 11.9 Å². The van der Waals surface area contributed by atoms with Gasteiger partial charge in [-0.15, -0.1) is 0 Å². The summed E-state index contributed by atoms with van der Waals surface area (Å²) in [5.41, 5.74) is -0.824. The summed E-state index contributed by atoms with van der Waals surface area (Å²) < 4.78 is 4.63. The van der Waals surface area contributed by atoms with Crippen LogP contribution in [0.5, 0.6) is 0 Å². The fourth-order valence-electron chi connectivity index (χ4n) is 0.557. The Morgan fingerprint density at radius 2 is 1.92 bits per heavy atom. The molecular formula is C8H14O4. The molecule has 0 aliphatic rings. The number of carboxylic acids is 1. The van der Waals surface area contributed by atoms with Crippen molar-refractivity contribution in [3.63, 3.8) is 0 Å². The number of hydrogen-bond acceptors (Lipinski definition) is 3. The van der Waals surface area contributed by atoms with Gasteiger partial charge in [0.2, 0.25) is 0 Å². The van der Waals surface area contributed by atoms with Crippen LogP contribution in [0.2, 0.25) is 0 Å². The monoisotopic (exact) mass is 174 g/mol. The average molecular weight is 174 g/mol. The maximum absolute atomic E-state index is 10.6. The molecule has 0 spiro atoms. The fraction of sp³-hybridized carbons (Fsp3) is 0.750. The molecule has 70 valence electrons. The number of aliphatic carboxylic acids is 1. The number of carboxylic acid groups (broad SMARTS) is 1. The van der Waals surface area contributed by atoms with Gasteiger partial charge in [-0.25, -0.2) is 0 Å². The summed E-state index contributed by atoms with van der Waals surface area (Å²) in [6.07, 6.45) is 0.335. The van der Waals surface area contributed by atoms with E-state index in [2.05, 4.69) is 4.74 Å². The van der Waals surface area contributed by atoms with Crippen molar-refractivity contribution in [3.8, 4) is 0 Å². The van der Waals surface area contributed by atoms with E-state index in [9.17, 15) is 9.59 Å². The minimum Gasteiger partial charge on any atom is -0.481 e. The molecular weight excluding hydrogens is 160 g/mol. The van der Waals surface area contributed by atoms with Crippen LogP contribution >= 0.6 is 0 Å². The van der Waals surface area contributed by atoms with E-state index in [-0.39, 0.29) is 12.6 Å². The zero-order chi connectivity index (χ0) is 9.78. The summed E-state index contributed by atoms with van der Waals surface area (Å²) in [5, 5.41) is 8.67. The van der Waals surface area contributed by atoms with Crippen LogP contribution in [-0.2, 0) is 14.3 Å². The lowest BCUT2D eigenvalue weighted by Crippen LogP contribution is -2.25. The summed E-state index contributed by atoms with van der Waals surface area (Å²) in [6, 6.07) is 0. The highest BCUT2D eigenvalue weighted by Crippen LogP contribution is 2.19. The Bertz CT molecular complexity index is 183. The van der Waals surface area contributed by atoms with Crippen molar-refractivity contribution in [3.05, 3.63) is 0 Å². The number of carbonyl (C=O) groups is 2. The minimum absolute atomic E-state index is 0.161. The van der Waals surface area contributed by atoms with Crippen LogP contribution in [0.1, 0.15) is 27.2 Å². The Morgan fingerprint density at radius 1 is 1.42 bits per heavy atom. The second-order valence-electron chi connectivity index (χ2n) is 3.28. The van der Waals surface area contributed by atoms with Gasteiger partial charge in [-0.3, -0.25) is 9.59 Å². The Hall–Kier alpha value is -1.06. The molecule has 0 aliphatic carbocycles. The van der Waals surface area contributed by atoms with Crippen LogP contribution in [0, 0.1) is 5.41 Å². The molecule has 0 saturated carbocycles. The SMILES string of the molecule is CC(=O)OCCC(C)(C)C(=O)O. The predicted octanol–water partition coefficient (Wildman–Crippen LogP) is 1.05. The van der Waals surface area contributed by atoms with Crippen LogP contribution in [-0.4, -0.2) is 23.7 Å². The minimum atomic E-state index is -0.880. The first-order chi connectivity index (χ1) is 5.36. The summed E-state index contributed by atoms with van der Waals surface area (Å²) >= 11 is 0. The summed E-state index contributed by atoms with van der Waals surface area (Å²) in [6.45, 7) is 4.65. The van der Waals surface area contributed by atoms with Gasteiger partial charge in [-0.2, -0.15) is 0 Å². The third-order valence-corrected chi connectivity index (χ3v) is 1.61. The number of carbonyl (C=O) groups excluding carboxylic acids is 1. The molecule has 0 amide bonds. The van der Waals surface area contributed by atoms with Gasteiger partial charge in [0.1, 0.15) is 0 Å². The van der Waals surface area contributed by atoms with Crippen LogP contribution in [0.4, 0.5) is 0 Å². The highest BCUT2D eigenvalue weighted by molar-refractivity contribution is 5.73. The van der Waals surface area contributed by atoms with E-state index in [1.54, 1.807) is 13.8 Å². The summed E-state index contributed by atoms with van der Waals surface area (Å²) in [7, 11) is 0. The van der Waals surface area contributed by atoms with Crippen molar-refractivity contribution in [2.45, 2.75) is 27.2 Å². The first-order valence-electron chi connectivity index (χ1n) is 3.73. The van der Waals surface area contributed by atoms with Gasteiger partial charge in [0.15, 0.2) is 0 Å². The van der Waals surface area contributed by atoms with Gasteiger partial charge < -0.3 is 9.84 Å². The Kier molecular flexibility index (Phi) is 3.73. The Balaban J connectivity index is 3.76. The smallest absolute Gasteiger partial charge is 0.309 e. The van der Waals surface area contributed by atoms with Crippen molar-refractivity contribution >= 4 is 11.9 Å². The lowest BCUT2D eigenvalue weighted by atomic mass is 9.90. The normalized spacial score (nSPS) is 10.9. The molecule has 4 heteroatoms. The van der Waals surface area contributed by atoms with E-state index in [0.717, 1.165) is 0 Å². The molecule has 0 aromatic carbocycles. The molecule has 0 aromatic heterocycles. The van der Waals surface area contributed by atoms with Gasteiger partial charge in [-0.05, 0) is 20.3 Å². The zero-order valence-electron chi connectivity index (χ0n) is 7.59. The number of hydrogen-bond donors (Lipinski definition) is 1. The topological polar surface area (TPSA) is 63.6 Å². The summed E-state index contributed by atoms with van der Waals surface area (Å²) in [5.74, 6) is -1.26. The van der Waals surface area contributed by atoms with E-state index in [4.69, 9.17) is 5.11 Å². The third kappa shape index (κ3) is 3.95. The van der Waals surface area contributed by atoms with Crippen molar-refractivity contribution in [2.75, 3.05) is 6.61 Å². The highest BCUT2D eigenvalue weighted by atomic mass is 16.5. The Morgan fingerprint density at radius 3 is 2.25 bits per heavy atom. The molecule has 0 radical (unpaired) electrons. The first kappa shape index (κ1) is 10.9. The number of rotatable bonds is 4. The van der Waals surface area contributed by atoms with E-state index >= 15 is 0 Å². The zero-order valence-corrected chi connectivity index (χ0v) is 7.59. The number of ether oxygens (including phenoxy) is 1. The molecule has 0 fully saturated rings. The lowest BCUT2D eigenvalue weighted by Gasteiger charge is -2.17. The standard InChI is InChI=1S/C8H14O4/c1-6(9)12-5-4-8(2,3)7(10)11/h4-5H2,1-3H3,(H,10,11). The van der Waals surface area contributed by atoms with Crippen molar-refractivity contribution < 1.29 is 19.4 Å². The molecule has 0 rings (SSSR count). The van der Waals surface area contributed by atoms with Gasteiger partial charge in [-0.1, -0.05) is 0 Å². The highest BCUT2D eigenvalue weighted by Gasteiger charge is 2.26. The molecule has 1 N–H and O–H groups in total. The quantitative estimate of drug-likeness (QED) is 0.647. The molecule has 0 saturated heterocycles. The van der Waals surface area contributed by atoms with E-state index in [1.807, 2.05) is 0 Å². The first-order valence-corrected chi connectivity index (χ1v) is 3.73. The molecule has 0 unspecified atom stereocenters. The number of esters is 1. The second-order valence-corrected chi connectivity index (χ2v) is 3.28. The predicted molar refractivity (Wildman–Crippen MR) is 42.7 cm³/mol. The molecule has 0 heterocycles. The van der Waals surface area contributed by atoms with Gasteiger partial charge in [0.05, 0.1) is 12.0 Å². The van der Waals surface area contributed by atoms with E-state index in [1.165, 1.54) is 6.92 Å². The summed E-state index contributed by atoms with van der Waals surface area (Å²) in [4.78, 5) is 20.9. The van der Waals surface area contributed by atoms with Crippen LogP contribution in [0.25, 0.3) is 0 Å². The van der Waals surface area contributed by atoms with Crippen molar-refractivity contribution in [2.24, 2.45) is 5.41 Å². The van der Waals surface area contributed by atoms with E-state index in [0.29, 0.717) is 6.42 Å². The van der Waals surface area contributed by atoms with E-state index < -0.39 is 11.4 Å². The largest absolute Gasteiger partial charge is 0.481 e.